The molecule has 0 aliphatic heterocycles. The van der Waals surface area contributed by atoms with Crippen molar-refractivity contribution < 1.29 is 9.53 Å². The van der Waals surface area contributed by atoms with E-state index in [-0.39, 0.29) is 36.0 Å². The fraction of sp³-hybridized carbons (Fsp3) is 0.722. The number of aliphatic imine (C=N–C) groups is 1. The SMILES string of the molecule is CCOC(=O)c1sc(C(C)NC(=NC)NCC(C)N(CC)CC)nc1C.I. The lowest BCUT2D eigenvalue weighted by Gasteiger charge is -2.27. The van der Waals surface area contributed by atoms with Gasteiger partial charge in [0.1, 0.15) is 9.88 Å². The zero-order valence-corrected chi connectivity index (χ0v) is 20.6. The molecular weight excluding hydrogens is 477 g/mol. The van der Waals surface area contributed by atoms with Gasteiger partial charge in [-0.3, -0.25) is 9.89 Å². The Labute approximate surface area is 184 Å². The third kappa shape index (κ3) is 7.90. The second-order valence-electron chi connectivity index (χ2n) is 6.08. The molecule has 9 heteroatoms. The number of aromatic nitrogens is 1. The summed E-state index contributed by atoms with van der Waals surface area (Å²) in [6.07, 6.45) is 0. The fourth-order valence-electron chi connectivity index (χ4n) is 2.67. The maximum Gasteiger partial charge on any atom is 0.350 e. The molecule has 0 spiro atoms. The van der Waals surface area contributed by atoms with E-state index in [9.17, 15) is 4.79 Å². The van der Waals surface area contributed by atoms with Gasteiger partial charge in [-0.05, 0) is 40.8 Å². The summed E-state index contributed by atoms with van der Waals surface area (Å²) in [7, 11) is 1.75. The molecule has 2 N–H and O–H groups in total. The summed E-state index contributed by atoms with van der Waals surface area (Å²) in [5, 5.41) is 7.55. The fourth-order valence-corrected chi connectivity index (χ4v) is 3.63. The number of hydrogen-bond donors (Lipinski definition) is 2. The maximum absolute atomic E-state index is 12.0. The molecule has 27 heavy (non-hydrogen) atoms. The molecule has 0 fully saturated rings. The molecule has 0 aliphatic carbocycles. The minimum Gasteiger partial charge on any atom is -0.462 e. The Kier molecular flexibility index (Phi) is 12.8. The lowest BCUT2D eigenvalue weighted by molar-refractivity contribution is 0.0531. The Morgan fingerprint density at radius 2 is 1.93 bits per heavy atom. The van der Waals surface area contributed by atoms with Crippen LogP contribution in [0.1, 0.15) is 61.0 Å². The second-order valence-corrected chi connectivity index (χ2v) is 7.11. The van der Waals surface area contributed by atoms with Gasteiger partial charge in [0.2, 0.25) is 0 Å². The number of nitrogens with zero attached hydrogens (tertiary/aromatic N) is 3. The lowest BCUT2D eigenvalue weighted by atomic mass is 10.3. The molecule has 1 rings (SSSR count). The van der Waals surface area contributed by atoms with Crippen LogP contribution >= 0.6 is 35.3 Å². The van der Waals surface area contributed by atoms with E-state index in [1.165, 1.54) is 11.3 Å². The number of aryl methyl sites for hydroxylation is 1. The first-order valence-electron chi connectivity index (χ1n) is 9.23. The number of guanidine groups is 1. The quantitative estimate of drug-likeness (QED) is 0.230. The molecule has 2 unspecified atom stereocenters. The number of rotatable bonds is 9. The van der Waals surface area contributed by atoms with Crippen LogP contribution in [0.25, 0.3) is 0 Å². The van der Waals surface area contributed by atoms with Crippen molar-refractivity contribution in [1.29, 1.82) is 0 Å². The number of halogens is 1. The van der Waals surface area contributed by atoms with E-state index in [4.69, 9.17) is 4.74 Å². The minimum atomic E-state index is -0.309. The van der Waals surface area contributed by atoms with Crippen molar-refractivity contribution >= 4 is 47.2 Å². The Morgan fingerprint density at radius 1 is 1.30 bits per heavy atom. The number of nitrogens with one attached hydrogen (secondary N) is 2. The number of carbonyl (C=O) groups excluding carboxylic acids is 1. The molecule has 0 bridgehead atoms. The van der Waals surface area contributed by atoms with Crippen LogP contribution in [0.4, 0.5) is 0 Å². The summed E-state index contributed by atoms with van der Waals surface area (Å²) in [5.41, 5.74) is 0.704. The molecule has 1 aromatic heterocycles. The van der Waals surface area contributed by atoms with E-state index in [2.05, 4.69) is 46.3 Å². The normalized spacial score (nSPS) is 13.7. The first-order valence-corrected chi connectivity index (χ1v) is 10.0. The zero-order chi connectivity index (χ0) is 19.7. The van der Waals surface area contributed by atoms with E-state index in [1.54, 1.807) is 14.0 Å². The predicted molar refractivity (Wildman–Crippen MR) is 124 cm³/mol. The van der Waals surface area contributed by atoms with Gasteiger partial charge in [-0.15, -0.1) is 35.3 Å². The van der Waals surface area contributed by atoms with E-state index in [1.807, 2.05) is 13.8 Å². The number of ether oxygens (including phenoxy) is 1. The summed E-state index contributed by atoms with van der Waals surface area (Å²) in [6, 6.07) is 0.355. The largest absolute Gasteiger partial charge is 0.462 e. The first-order chi connectivity index (χ1) is 12.4. The number of likely N-dealkylation sites (N-methyl/N-ethyl adjacent to an activating group) is 1. The lowest BCUT2D eigenvalue weighted by Crippen LogP contribution is -2.46. The van der Waals surface area contributed by atoms with E-state index >= 15 is 0 Å². The number of esters is 1. The van der Waals surface area contributed by atoms with Crippen LogP contribution in [0.2, 0.25) is 0 Å². The molecule has 1 heterocycles. The molecule has 7 nitrogen and oxygen atoms in total. The van der Waals surface area contributed by atoms with Crippen LogP contribution in [0.3, 0.4) is 0 Å². The van der Waals surface area contributed by atoms with Gasteiger partial charge in [-0.2, -0.15) is 0 Å². The van der Waals surface area contributed by atoms with Crippen LogP contribution in [-0.4, -0.2) is 61.1 Å². The average Bonchev–Trinajstić information content (AvgIpc) is 3.01. The monoisotopic (exact) mass is 511 g/mol. The molecule has 2 atom stereocenters. The first kappa shape index (κ1) is 26.1. The van der Waals surface area contributed by atoms with Crippen molar-refractivity contribution in [3.05, 3.63) is 15.6 Å². The van der Waals surface area contributed by atoms with Crippen molar-refractivity contribution in [2.24, 2.45) is 4.99 Å². The highest BCUT2D eigenvalue weighted by Crippen LogP contribution is 2.24. The molecule has 0 aromatic carbocycles. The third-order valence-corrected chi connectivity index (χ3v) is 5.54. The Morgan fingerprint density at radius 3 is 2.44 bits per heavy atom. The number of carbonyl (C=O) groups is 1. The summed E-state index contributed by atoms with van der Waals surface area (Å²) in [4.78, 5) is 23.7. The second kappa shape index (κ2) is 13.3. The predicted octanol–water partition coefficient (Wildman–Crippen LogP) is 3.20. The topological polar surface area (TPSA) is 78.8 Å². The molecule has 0 amide bonds. The van der Waals surface area contributed by atoms with Gasteiger partial charge < -0.3 is 15.4 Å². The highest BCUT2D eigenvalue weighted by atomic mass is 127. The van der Waals surface area contributed by atoms with Gasteiger partial charge in [0.05, 0.1) is 18.3 Å². The summed E-state index contributed by atoms with van der Waals surface area (Å²) in [6.45, 7) is 15.4. The van der Waals surface area contributed by atoms with Crippen LogP contribution in [0.5, 0.6) is 0 Å². The van der Waals surface area contributed by atoms with Gasteiger partial charge in [0.25, 0.3) is 0 Å². The zero-order valence-electron chi connectivity index (χ0n) is 17.5. The Hall–Kier alpha value is -0.940. The van der Waals surface area contributed by atoms with Gasteiger partial charge in [-0.25, -0.2) is 9.78 Å². The molecule has 0 aliphatic rings. The Balaban J connectivity index is 0.00000676. The molecular formula is C18H34IN5O2S. The smallest absolute Gasteiger partial charge is 0.350 e. The average molecular weight is 511 g/mol. The Bertz CT molecular complexity index is 605. The van der Waals surface area contributed by atoms with Crippen LogP contribution in [0, 0.1) is 6.92 Å². The van der Waals surface area contributed by atoms with E-state index in [0.29, 0.717) is 23.2 Å². The van der Waals surface area contributed by atoms with Crippen LogP contribution < -0.4 is 10.6 Å². The summed E-state index contributed by atoms with van der Waals surface area (Å²) < 4.78 is 5.08. The highest BCUT2D eigenvalue weighted by molar-refractivity contribution is 14.0. The van der Waals surface area contributed by atoms with Crippen molar-refractivity contribution in [1.82, 2.24) is 20.5 Å². The van der Waals surface area contributed by atoms with Crippen molar-refractivity contribution in [2.45, 2.75) is 53.6 Å². The van der Waals surface area contributed by atoms with E-state index < -0.39 is 0 Å². The minimum absolute atomic E-state index is 0. The molecule has 1 aromatic rings. The summed E-state index contributed by atoms with van der Waals surface area (Å²) in [5.74, 6) is 0.415. The third-order valence-electron chi connectivity index (χ3n) is 4.22. The highest BCUT2D eigenvalue weighted by Gasteiger charge is 2.20. The van der Waals surface area contributed by atoms with Crippen LogP contribution in [0.15, 0.2) is 4.99 Å². The molecule has 0 radical (unpaired) electrons. The summed E-state index contributed by atoms with van der Waals surface area (Å²) >= 11 is 1.37. The van der Waals surface area contributed by atoms with Gasteiger partial charge >= 0.3 is 5.97 Å². The maximum atomic E-state index is 12.0. The van der Waals surface area contributed by atoms with Crippen LogP contribution in [-0.2, 0) is 4.74 Å². The van der Waals surface area contributed by atoms with Crippen molar-refractivity contribution in [3.8, 4) is 0 Å². The number of hydrogen-bond acceptors (Lipinski definition) is 6. The van der Waals surface area contributed by atoms with Gasteiger partial charge in [0, 0.05) is 19.6 Å². The van der Waals surface area contributed by atoms with E-state index in [0.717, 1.165) is 30.6 Å². The van der Waals surface area contributed by atoms with Crippen molar-refractivity contribution in [3.63, 3.8) is 0 Å². The molecule has 156 valence electrons. The standard InChI is InChI=1S/C18H33N5O2S.HI/c1-8-23(9-2)12(4)11-20-18(19-7)22-14(6)16-21-13(5)15(26-16)17(24)25-10-3;/h12,14H,8-11H2,1-7H3,(H2,19,20,22);1H. The molecule has 0 saturated heterocycles. The molecule has 0 saturated carbocycles. The van der Waals surface area contributed by atoms with Crippen molar-refractivity contribution in [2.75, 3.05) is 33.3 Å². The van der Waals surface area contributed by atoms with Gasteiger partial charge in [-0.1, -0.05) is 13.8 Å². The number of thiazole rings is 1. The van der Waals surface area contributed by atoms with Gasteiger partial charge in [0.15, 0.2) is 5.96 Å².